The van der Waals surface area contributed by atoms with E-state index in [4.69, 9.17) is 4.74 Å². The standard InChI is InChI=1S/C26H24N4O2/c1-32-21-9-4-8-20(18-21)24-12-13-25(28-27-24)29-14-16-30(17-15-29)26(31)23-11-5-7-19-6-2-3-10-22(19)23/h2-13,18H,14-17H2,1H3. The summed E-state index contributed by atoms with van der Waals surface area (Å²) in [6, 6.07) is 25.7. The van der Waals surface area contributed by atoms with E-state index in [0.717, 1.165) is 52.3 Å². The molecule has 5 rings (SSSR count). The van der Waals surface area contributed by atoms with Crippen LogP contribution in [0.25, 0.3) is 22.0 Å². The van der Waals surface area contributed by atoms with Crippen LogP contribution in [0.4, 0.5) is 5.82 Å². The van der Waals surface area contributed by atoms with Gasteiger partial charge in [0, 0.05) is 37.3 Å². The van der Waals surface area contributed by atoms with Crippen molar-refractivity contribution in [2.24, 2.45) is 0 Å². The predicted octanol–water partition coefficient (Wildman–Crippen LogP) is 4.27. The summed E-state index contributed by atoms with van der Waals surface area (Å²) in [5, 5.41) is 10.9. The van der Waals surface area contributed by atoms with Crippen molar-refractivity contribution in [1.29, 1.82) is 0 Å². The molecule has 1 saturated heterocycles. The Bertz CT molecular complexity index is 1240. The van der Waals surface area contributed by atoms with Crippen molar-refractivity contribution in [2.75, 3.05) is 38.2 Å². The summed E-state index contributed by atoms with van der Waals surface area (Å²) in [6.07, 6.45) is 0. The highest BCUT2D eigenvalue weighted by atomic mass is 16.5. The van der Waals surface area contributed by atoms with E-state index in [1.807, 2.05) is 83.8 Å². The van der Waals surface area contributed by atoms with E-state index in [2.05, 4.69) is 15.1 Å². The summed E-state index contributed by atoms with van der Waals surface area (Å²) in [5.74, 6) is 1.70. The Labute approximate surface area is 187 Å². The second-order valence-electron chi connectivity index (χ2n) is 7.81. The SMILES string of the molecule is COc1cccc(-c2ccc(N3CCN(C(=O)c4cccc5ccccc45)CC3)nn2)c1. The number of amides is 1. The second-order valence-corrected chi connectivity index (χ2v) is 7.81. The molecule has 1 fully saturated rings. The molecule has 6 heteroatoms. The number of ether oxygens (including phenoxy) is 1. The van der Waals surface area contributed by atoms with E-state index < -0.39 is 0 Å². The number of benzene rings is 3. The van der Waals surface area contributed by atoms with Gasteiger partial charge in [-0.2, -0.15) is 0 Å². The largest absolute Gasteiger partial charge is 0.497 e. The highest BCUT2D eigenvalue weighted by molar-refractivity contribution is 6.07. The number of hydrogen-bond acceptors (Lipinski definition) is 5. The van der Waals surface area contributed by atoms with Gasteiger partial charge in [0.15, 0.2) is 5.82 Å². The monoisotopic (exact) mass is 424 g/mol. The molecule has 2 heterocycles. The van der Waals surface area contributed by atoms with Crippen LogP contribution in [-0.2, 0) is 0 Å². The lowest BCUT2D eigenvalue weighted by Gasteiger charge is -2.35. The Hall–Kier alpha value is -3.93. The van der Waals surface area contributed by atoms with Gasteiger partial charge in [-0.3, -0.25) is 4.79 Å². The minimum Gasteiger partial charge on any atom is -0.497 e. The van der Waals surface area contributed by atoms with Gasteiger partial charge < -0.3 is 14.5 Å². The van der Waals surface area contributed by atoms with E-state index in [-0.39, 0.29) is 5.91 Å². The summed E-state index contributed by atoms with van der Waals surface area (Å²) in [4.78, 5) is 17.3. The maximum atomic E-state index is 13.2. The van der Waals surface area contributed by atoms with Crippen molar-refractivity contribution in [3.63, 3.8) is 0 Å². The number of carbonyl (C=O) groups is 1. The molecule has 0 radical (unpaired) electrons. The molecule has 160 valence electrons. The molecule has 0 unspecified atom stereocenters. The molecule has 1 aromatic heterocycles. The van der Waals surface area contributed by atoms with Gasteiger partial charge in [0.1, 0.15) is 5.75 Å². The zero-order valence-corrected chi connectivity index (χ0v) is 17.9. The summed E-state index contributed by atoms with van der Waals surface area (Å²) in [7, 11) is 1.65. The van der Waals surface area contributed by atoms with Crippen molar-refractivity contribution >= 4 is 22.5 Å². The van der Waals surface area contributed by atoms with Gasteiger partial charge in [-0.15, -0.1) is 10.2 Å². The summed E-state index contributed by atoms with van der Waals surface area (Å²) in [5.41, 5.74) is 2.53. The fraction of sp³-hybridized carbons (Fsp3) is 0.192. The van der Waals surface area contributed by atoms with E-state index in [1.165, 1.54) is 0 Å². The summed E-state index contributed by atoms with van der Waals surface area (Å²) in [6.45, 7) is 2.76. The van der Waals surface area contributed by atoms with Crippen LogP contribution < -0.4 is 9.64 Å². The van der Waals surface area contributed by atoms with Crippen molar-refractivity contribution < 1.29 is 9.53 Å². The number of hydrogen-bond donors (Lipinski definition) is 0. The average molecular weight is 425 g/mol. The third kappa shape index (κ3) is 3.87. The normalized spacial score (nSPS) is 13.9. The van der Waals surface area contributed by atoms with Crippen molar-refractivity contribution in [3.8, 4) is 17.0 Å². The first-order chi connectivity index (χ1) is 15.7. The molecule has 1 aliphatic rings. The number of piperazine rings is 1. The molecule has 0 N–H and O–H groups in total. The fourth-order valence-electron chi connectivity index (χ4n) is 4.15. The third-order valence-corrected chi connectivity index (χ3v) is 5.93. The molecule has 0 bridgehead atoms. The van der Waals surface area contributed by atoms with Gasteiger partial charge >= 0.3 is 0 Å². The fourth-order valence-corrected chi connectivity index (χ4v) is 4.15. The van der Waals surface area contributed by atoms with Crippen LogP contribution in [0.15, 0.2) is 78.9 Å². The quantitative estimate of drug-likeness (QED) is 0.490. The molecule has 0 aliphatic carbocycles. The molecule has 4 aromatic rings. The lowest BCUT2D eigenvalue weighted by Crippen LogP contribution is -2.49. The lowest BCUT2D eigenvalue weighted by molar-refractivity contribution is 0.0748. The number of fused-ring (bicyclic) bond motifs is 1. The van der Waals surface area contributed by atoms with Crippen LogP contribution in [-0.4, -0.2) is 54.3 Å². The Morgan fingerprint density at radius 2 is 1.62 bits per heavy atom. The minimum atomic E-state index is 0.0842. The first-order valence-corrected chi connectivity index (χ1v) is 10.7. The second kappa shape index (κ2) is 8.67. The molecule has 6 nitrogen and oxygen atoms in total. The molecule has 1 amide bonds. The third-order valence-electron chi connectivity index (χ3n) is 5.93. The molecular formula is C26H24N4O2. The van der Waals surface area contributed by atoms with Gasteiger partial charge in [-0.25, -0.2) is 0 Å². The van der Waals surface area contributed by atoms with Gasteiger partial charge in [0.25, 0.3) is 5.91 Å². The highest BCUT2D eigenvalue weighted by Crippen LogP contribution is 2.24. The van der Waals surface area contributed by atoms with Crippen LogP contribution in [0.2, 0.25) is 0 Å². The topological polar surface area (TPSA) is 58.6 Å². The van der Waals surface area contributed by atoms with E-state index >= 15 is 0 Å². The Balaban J connectivity index is 1.27. The minimum absolute atomic E-state index is 0.0842. The smallest absolute Gasteiger partial charge is 0.254 e. The molecule has 0 atom stereocenters. The van der Waals surface area contributed by atoms with Crippen LogP contribution >= 0.6 is 0 Å². The predicted molar refractivity (Wildman–Crippen MR) is 126 cm³/mol. The van der Waals surface area contributed by atoms with Crippen molar-refractivity contribution in [3.05, 3.63) is 84.4 Å². The van der Waals surface area contributed by atoms with Crippen LogP contribution in [0, 0.1) is 0 Å². The van der Waals surface area contributed by atoms with Gasteiger partial charge in [0.05, 0.1) is 12.8 Å². The number of nitrogens with zero attached hydrogens (tertiary/aromatic N) is 4. The van der Waals surface area contributed by atoms with E-state index in [0.29, 0.717) is 13.1 Å². The number of carbonyl (C=O) groups excluding carboxylic acids is 1. The van der Waals surface area contributed by atoms with Crippen LogP contribution in [0.3, 0.4) is 0 Å². The molecule has 32 heavy (non-hydrogen) atoms. The van der Waals surface area contributed by atoms with Gasteiger partial charge in [-0.05, 0) is 41.1 Å². The zero-order valence-electron chi connectivity index (χ0n) is 17.9. The van der Waals surface area contributed by atoms with Crippen molar-refractivity contribution in [2.45, 2.75) is 0 Å². The first-order valence-electron chi connectivity index (χ1n) is 10.7. The van der Waals surface area contributed by atoms with Crippen molar-refractivity contribution in [1.82, 2.24) is 15.1 Å². The number of rotatable bonds is 4. The molecule has 0 spiro atoms. The Kier molecular flexibility index (Phi) is 5.42. The van der Waals surface area contributed by atoms with Gasteiger partial charge in [0.2, 0.25) is 0 Å². The average Bonchev–Trinajstić information content (AvgIpc) is 2.88. The maximum absolute atomic E-state index is 13.2. The van der Waals surface area contributed by atoms with Gasteiger partial charge in [-0.1, -0.05) is 48.5 Å². The van der Waals surface area contributed by atoms with Crippen LogP contribution in [0.5, 0.6) is 5.75 Å². The lowest BCUT2D eigenvalue weighted by atomic mass is 10.0. The molecule has 0 saturated carbocycles. The Morgan fingerprint density at radius 3 is 2.41 bits per heavy atom. The molecular weight excluding hydrogens is 400 g/mol. The van der Waals surface area contributed by atoms with Crippen LogP contribution in [0.1, 0.15) is 10.4 Å². The van der Waals surface area contributed by atoms with E-state index in [9.17, 15) is 4.79 Å². The summed E-state index contributed by atoms with van der Waals surface area (Å²) < 4.78 is 5.29. The molecule has 1 aliphatic heterocycles. The highest BCUT2D eigenvalue weighted by Gasteiger charge is 2.24. The number of methoxy groups -OCH3 is 1. The summed E-state index contributed by atoms with van der Waals surface area (Å²) >= 11 is 0. The molecule has 3 aromatic carbocycles. The number of anilines is 1. The maximum Gasteiger partial charge on any atom is 0.254 e. The zero-order chi connectivity index (χ0) is 21.9. The Morgan fingerprint density at radius 1 is 0.844 bits per heavy atom. The first kappa shape index (κ1) is 20.0. The number of aromatic nitrogens is 2. The van der Waals surface area contributed by atoms with E-state index in [1.54, 1.807) is 7.11 Å².